The lowest BCUT2D eigenvalue weighted by atomic mass is 10.2. The number of methoxy groups -OCH3 is 1. The predicted octanol–water partition coefficient (Wildman–Crippen LogP) is 2.92. The number of ether oxygens (including phenoxy) is 2. The Morgan fingerprint density at radius 2 is 2.08 bits per heavy atom. The molecule has 0 aliphatic carbocycles. The summed E-state index contributed by atoms with van der Waals surface area (Å²) in [6, 6.07) is 11.9. The van der Waals surface area contributed by atoms with E-state index in [2.05, 4.69) is 33.6 Å². The van der Waals surface area contributed by atoms with Crippen molar-refractivity contribution in [2.24, 2.45) is 4.99 Å². The zero-order valence-corrected chi connectivity index (χ0v) is 16.0. The van der Waals surface area contributed by atoms with Crippen LogP contribution >= 0.6 is 0 Å². The number of aromatic nitrogens is 1. The van der Waals surface area contributed by atoms with Crippen LogP contribution in [0, 0.1) is 6.92 Å². The van der Waals surface area contributed by atoms with E-state index >= 15 is 0 Å². The molecular formula is C20H28N4O2. The third-order valence-electron chi connectivity index (χ3n) is 3.65. The van der Waals surface area contributed by atoms with Crippen molar-refractivity contribution in [3.8, 4) is 11.6 Å². The average Bonchev–Trinajstić information content (AvgIpc) is 2.64. The van der Waals surface area contributed by atoms with Crippen LogP contribution in [-0.4, -0.2) is 37.2 Å². The van der Waals surface area contributed by atoms with Crippen LogP contribution in [0.3, 0.4) is 0 Å². The van der Waals surface area contributed by atoms with E-state index in [0.29, 0.717) is 19.0 Å². The number of rotatable bonds is 8. The van der Waals surface area contributed by atoms with Crippen molar-refractivity contribution in [2.75, 3.05) is 20.2 Å². The normalized spacial score (nSPS) is 12.4. The number of nitrogens with one attached hydrogen (secondary N) is 2. The van der Waals surface area contributed by atoms with Crippen LogP contribution in [-0.2, 0) is 6.54 Å². The van der Waals surface area contributed by atoms with Gasteiger partial charge in [0.25, 0.3) is 0 Å². The second kappa shape index (κ2) is 10.3. The molecule has 2 N–H and O–H groups in total. The Morgan fingerprint density at radius 1 is 1.23 bits per heavy atom. The minimum Gasteiger partial charge on any atom is -0.489 e. The van der Waals surface area contributed by atoms with Crippen molar-refractivity contribution >= 4 is 5.96 Å². The summed E-state index contributed by atoms with van der Waals surface area (Å²) >= 11 is 0. The minimum atomic E-state index is 0.0170. The average molecular weight is 356 g/mol. The Kier molecular flexibility index (Phi) is 7.74. The molecule has 2 aromatic rings. The number of hydrogen-bond acceptors (Lipinski definition) is 4. The van der Waals surface area contributed by atoms with E-state index < -0.39 is 0 Å². The van der Waals surface area contributed by atoms with Crippen LogP contribution in [0.2, 0.25) is 0 Å². The fourth-order valence-electron chi connectivity index (χ4n) is 2.34. The lowest BCUT2D eigenvalue weighted by Crippen LogP contribution is -2.41. The summed E-state index contributed by atoms with van der Waals surface area (Å²) in [5, 5.41) is 6.56. The molecule has 1 heterocycles. The fourth-order valence-corrected chi connectivity index (χ4v) is 2.34. The van der Waals surface area contributed by atoms with Gasteiger partial charge in [-0.15, -0.1) is 0 Å². The van der Waals surface area contributed by atoms with Gasteiger partial charge in [0.1, 0.15) is 11.9 Å². The molecule has 0 fully saturated rings. The number of guanidine groups is 1. The molecule has 0 radical (unpaired) electrons. The zero-order valence-electron chi connectivity index (χ0n) is 16.0. The molecule has 6 heteroatoms. The van der Waals surface area contributed by atoms with Gasteiger partial charge >= 0.3 is 0 Å². The molecule has 0 saturated carbocycles. The first-order chi connectivity index (χ1) is 12.6. The molecule has 0 amide bonds. The molecule has 0 aliphatic heterocycles. The van der Waals surface area contributed by atoms with Crippen molar-refractivity contribution in [1.82, 2.24) is 15.6 Å². The number of aliphatic imine (C=N–C) groups is 1. The summed E-state index contributed by atoms with van der Waals surface area (Å²) in [5.41, 5.74) is 2.21. The van der Waals surface area contributed by atoms with Crippen LogP contribution in [0.1, 0.15) is 25.0 Å². The van der Waals surface area contributed by atoms with Crippen molar-refractivity contribution in [2.45, 2.75) is 33.4 Å². The predicted molar refractivity (Wildman–Crippen MR) is 105 cm³/mol. The summed E-state index contributed by atoms with van der Waals surface area (Å²) in [7, 11) is 1.60. The molecule has 6 nitrogen and oxygen atoms in total. The van der Waals surface area contributed by atoms with Gasteiger partial charge in [0.05, 0.1) is 20.2 Å². The lowest BCUT2D eigenvalue weighted by Gasteiger charge is -2.18. The van der Waals surface area contributed by atoms with E-state index in [1.807, 2.05) is 44.2 Å². The molecular weight excluding hydrogens is 328 g/mol. The topological polar surface area (TPSA) is 67.8 Å². The maximum absolute atomic E-state index is 5.94. The van der Waals surface area contributed by atoms with Crippen LogP contribution < -0.4 is 20.1 Å². The van der Waals surface area contributed by atoms with E-state index in [4.69, 9.17) is 9.47 Å². The molecule has 0 spiro atoms. The first-order valence-corrected chi connectivity index (χ1v) is 8.85. The van der Waals surface area contributed by atoms with E-state index in [-0.39, 0.29) is 6.10 Å². The first-order valence-electron chi connectivity index (χ1n) is 8.85. The van der Waals surface area contributed by atoms with Crippen LogP contribution in [0.4, 0.5) is 0 Å². The number of hydrogen-bond donors (Lipinski definition) is 2. The molecule has 0 aliphatic rings. The van der Waals surface area contributed by atoms with Crippen molar-refractivity contribution in [3.05, 3.63) is 53.7 Å². The highest BCUT2D eigenvalue weighted by molar-refractivity contribution is 5.79. The fraction of sp³-hybridized carbons (Fsp3) is 0.400. The Labute approximate surface area is 155 Å². The molecule has 1 unspecified atom stereocenters. The van der Waals surface area contributed by atoms with Gasteiger partial charge in [-0.05, 0) is 44.0 Å². The molecule has 0 saturated heterocycles. The second-order valence-corrected chi connectivity index (χ2v) is 6.03. The van der Waals surface area contributed by atoms with Gasteiger partial charge < -0.3 is 20.1 Å². The summed E-state index contributed by atoms with van der Waals surface area (Å²) in [6.07, 6.45) is 1.79. The summed E-state index contributed by atoms with van der Waals surface area (Å²) in [5.74, 6) is 2.23. The Hall–Kier alpha value is -2.76. The molecule has 1 aromatic carbocycles. The standard InChI is InChI=1S/C20H28N4O2/c1-5-21-20(24-14-17-9-10-19(25-4)22-13-17)23-12-16(3)26-18-8-6-7-15(2)11-18/h6-11,13,16H,5,12,14H2,1-4H3,(H2,21,23,24). The number of aryl methyl sites for hydroxylation is 1. The van der Waals surface area contributed by atoms with E-state index in [9.17, 15) is 0 Å². The van der Waals surface area contributed by atoms with Gasteiger partial charge in [-0.1, -0.05) is 18.2 Å². The maximum Gasteiger partial charge on any atom is 0.212 e. The Morgan fingerprint density at radius 3 is 2.73 bits per heavy atom. The number of benzene rings is 1. The van der Waals surface area contributed by atoms with Crippen LogP contribution in [0.15, 0.2) is 47.6 Å². The van der Waals surface area contributed by atoms with Crippen molar-refractivity contribution in [3.63, 3.8) is 0 Å². The van der Waals surface area contributed by atoms with E-state index in [1.54, 1.807) is 13.3 Å². The highest BCUT2D eigenvalue weighted by atomic mass is 16.5. The first kappa shape index (κ1) is 19.6. The molecule has 0 bridgehead atoms. The van der Waals surface area contributed by atoms with Gasteiger partial charge in [-0.2, -0.15) is 0 Å². The molecule has 1 aromatic heterocycles. The third kappa shape index (κ3) is 6.63. The van der Waals surface area contributed by atoms with Crippen LogP contribution in [0.25, 0.3) is 0 Å². The molecule has 140 valence electrons. The lowest BCUT2D eigenvalue weighted by molar-refractivity contribution is 0.223. The van der Waals surface area contributed by atoms with Gasteiger partial charge in [0, 0.05) is 18.8 Å². The summed E-state index contributed by atoms with van der Waals surface area (Å²) in [4.78, 5) is 8.79. The van der Waals surface area contributed by atoms with Gasteiger partial charge in [-0.25, -0.2) is 9.98 Å². The smallest absolute Gasteiger partial charge is 0.212 e. The molecule has 2 rings (SSSR count). The summed E-state index contributed by atoms with van der Waals surface area (Å²) in [6.45, 7) is 8.12. The summed E-state index contributed by atoms with van der Waals surface area (Å²) < 4.78 is 11.0. The highest BCUT2D eigenvalue weighted by Gasteiger charge is 2.06. The second-order valence-electron chi connectivity index (χ2n) is 6.03. The minimum absolute atomic E-state index is 0.0170. The monoisotopic (exact) mass is 356 g/mol. The third-order valence-corrected chi connectivity index (χ3v) is 3.65. The van der Waals surface area contributed by atoms with E-state index in [1.165, 1.54) is 5.56 Å². The van der Waals surface area contributed by atoms with Crippen molar-refractivity contribution in [1.29, 1.82) is 0 Å². The largest absolute Gasteiger partial charge is 0.489 e. The van der Waals surface area contributed by atoms with Gasteiger partial charge in [-0.3, -0.25) is 0 Å². The Bertz CT molecular complexity index is 701. The van der Waals surface area contributed by atoms with E-state index in [0.717, 1.165) is 23.8 Å². The van der Waals surface area contributed by atoms with Gasteiger partial charge in [0.15, 0.2) is 5.96 Å². The SMILES string of the molecule is CCNC(=NCc1ccc(OC)nc1)NCC(C)Oc1cccc(C)c1. The molecule has 1 atom stereocenters. The highest BCUT2D eigenvalue weighted by Crippen LogP contribution is 2.13. The number of nitrogens with zero attached hydrogens (tertiary/aromatic N) is 2. The Balaban J connectivity index is 1.87. The number of pyridine rings is 1. The van der Waals surface area contributed by atoms with Crippen LogP contribution in [0.5, 0.6) is 11.6 Å². The quantitative estimate of drug-likeness (QED) is 0.562. The maximum atomic E-state index is 5.94. The molecule has 26 heavy (non-hydrogen) atoms. The van der Waals surface area contributed by atoms with Crippen molar-refractivity contribution < 1.29 is 9.47 Å². The zero-order chi connectivity index (χ0) is 18.8. The van der Waals surface area contributed by atoms with Gasteiger partial charge in [0.2, 0.25) is 5.88 Å².